The molecule has 1 spiro atoms. The third-order valence-corrected chi connectivity index (χ3v) is 7.57. The fourth-order valence-electron chi connectivity index (χ4n) is 5.20. The molecule has 2 N–H and O–H groups in total. The number of morpholine rings is 1. The summed E-state index contributed by atoms with van der Waals surface area (Å²) in [6.45, 7) is 5.50. The maximum Gasteiger partial charge on any atom is 0.323 e. The number of nitrogens with zero attached hydrogens (tertiary/aromatic N) is 6. The summed E-state index contributed by atoms with van der Waals surface area (Å²) in [6.07, 6.45) is 1.53. The van der Waals surface area contributed by atoms with E-state index >= 15 is 0 Å². The van der Waals surface area contributed by atoms with Crippen LogP contribution in [0.2, 0.25) is 0 Å². The van der Waals surface area contributed by atoms with E-state index in [4.69, 9.17) is 29.2 Å². The first-order valence-electron chi connectivity index (χ1n) is 14.0. The van der Waals surface area contributed by atoms with Crippen molar-refractivity contribution in [3.63, 3.8) is 0 Å². The molecule has 3 aliphatic heterocycles. The summed E-state index contributed by atoms with van der Waals surface area (Å²) < 4.78 is 17.3. The van der Waals surface area contributed by atoms with Crippen LogP contribution in [0.25, 0.3) is 11.4 Å². The molecule has 0 bridgehead atoms. The molecule has 3 fully saturated rings. The van der Waals surface area contributed by atoms with Gasteiger partial charge in [-0.15, -0.1) is 0 Å². The lowest BCUT2D eigenvalue weighted by molar-refractivity contribution is -0.169. The Hall–Kier alpha value is -4.00. The van der Waals surface area contributed by atoms with E-state index in [-0.39, 0.29) is 6.03 Å². The standard InChI is InChI=1S/C29H36N8O4/c1-35(2)24-9-7-23(8-10-24)31-28(38)30-22-5-3-21(4-6-22)25-32-26(34-27(33-25)37-15-17-39-18-16-37)36-13-11-29(12-14-36)40-19-20-41-29/h3-10H,11-20H2,1-2H3,(H2,30,31,38). The van der Waals surface area contributed by atoms with Gasteiger partial charge < -0.3 is 39.5 Å². The molecular weight excluding hydrogens is 524 g/mol. The monoisotopic (exact) mass is 560 g/mol. The number of hydrogen-bond donors (Lipinski definition) is 2. The minimum absolute atomic E-state index is 0.314. The van der Waals surface area contributed by atoms with Gasteiger partial charge >= 0.3 is 6.03 Å². The lowest BCUT2D eigenvalue weighted by Gasteiger charge is -2.37. The minimum Gasteiger partial charge on any atom is -0.378 e. The number of amides is 2. The number of urea groups is 1. The van der Waals surface area contributed by atoms with E-state index in [0.29, 0.717) is 55.5 Å². The van der Waals surface area contributed by atoms with Gasteiger partial charge in [-0.25, -0.2) is 4.79 Å². The maximum atomic E-state index is 12.6. The summed E-state index contributed by atoms with van der Waals surface area (Å²) in [4.78, 5) is 33.5. The predicted octanol–water partition coefficient (Wildman–Crippen LogP) is 3.43. The van der Waals surface area contributed by atoms with Crippen molar-refractivity contribution in [2.75, 3.05) is 92.0 Å². The Morgan fingerprint density at radius 1 is 0.756 bits per heavy atom. The zero-order chi connectivity index (χ0) is 28.2. The molecule has 12 nitrogen and oxygen atoms in total. The molecule has 3 aromatic rings. The van der Waals surface area contributed by atoms with Gasteiger partial charge in [0.25, 0.3) is 0 Å². The van der Waals surface area contributed by atoms with Gasteiger partial charge in [-0.05, 0) is 48.5 Å². The highest BCUT2D eigenvalue weighted by atomic mass is 16.7. The van der Waals surface area contributed by atoms with Gasteiger partial charge in [0.15, 0.2) is 11.6 Å². The predicted molar refractivity (Wildman–Crippen MR) is 158 cm³/mol. The van der Waals surface area contributed by atoms with Crippen molar-refractivity contribution in [3.05, 3.63) is 48.5 Å². The number of carbonyl (C=O) groups is 1. The Balaban J connectivity index is 1.17. The van der Waals surface area contributed by atoms with E-state index in [2.05, 4.69) is 20.4 Å². The molecule has 216 valence electrons. The van der Waals surface area contributed by atoms with Gasteiger partial charge in [-0.3, -0.25) is 0 Å². The highest BCUT2D eigenvalue weighted by molar-refractivity contribution is 5.99. The average Bonchev–Trinajstić information content (AvgIpc) is 3.46. The zero-order valence-corrected chi connectivity index (χ0v) is 23.5. The molecule has 0 saturated carbocycles. The molecule has 12 heteroatoms. The third-order valence-electron chi connectivity index (χ3n) is 7.57. The molecule has 6 rings (SSSR count). The Labute approximate surface area is 239 Å². The fraction of sp³-hybridized carbons (Fsp3) is 0.448. The van der Waals surface area contributed by atoms with E-state index in [0.717, 1.165) is 50.3 Å². The number of ether oxygens (including phenoxy) is 3. The van der Waals surface area contributed by atoms with E-state index in [1.807, 2.05) is 67.5 Å². The summed E-state index contributed by atoms with van der Waals surface area (Å²) in [5, 5.41) is 5.76. The van der Waals surface area contributed by atoms with Crippen LogP contribution in [0.5, 0.6) is 0 Å². The van der Waals surface area contributed by atoms with E-state index in [9.17, 15) is 4.79 Å². The Bertz CT molecular complexity index is 1330. The fourth-order valence-corrected chi connectivity index (χ4v) is 5.20. The number of nitrogens with one attached hydrogen (secondary N) is 2. The highest BCUT2D eigenvalue weighted by Gasteiger charge is 2.40. The van der Waals surface area contributed by atoms with Gasteiger partial charge in [-0.1, -0.05) is 0 Å². The average molecular weight is 561 g/mol. The van der Waals surface area contributed by atoms with E-state index < -0.39 is 5.79 Å². The van der Waals surface area contributed by atoms with Gasteiger partial charge in [-0.2, -0.15) is 15.0 Å². The molecule has 2 aromatic carbocycles. The summed E-state index contributed by atoms with van der Waals surface area (Å²) in [5.41, 5.74) is 3.28. The number of rotatable bonds is 6. The van der Waals surface area contributed by atoms with E-state index in [1.54, 1.807) is 0 Å². The summed E-state index contributed by atoms with van der Waals surface area (Å²) in [6, 6.07) is 14.9. The lowest BCUT2D eigenvalue weighted by Crippen LogP contribution is -2.46. The van der Waals surface area contributed by atoms with Crippen LogP contribution >= 0.6 is 0 Å². The van der Waals surface area contributed by atoms with Crippen LogP contribution in [0.4, 0.5) is 33.8 Å². The first-order chi connectivity index (χ1) is 20.0. The van der Waals surface area contributed by atoms with E-state index in [1.165, 1.54) is 0 Å². The van der Waals surface area contributed by atoms with Crippen molar-refractivity contribution < 1.29 is 19.0 Å². The number of hydrogen-bond acceptors (Lipinski definition) is 10. The van der Waals surface area contributed by atoms with Crippen molar-refractivity contribution >= 4 is 35.0 Å². The van der Waals surface area contributed by atoms with Gasteiger partial charge in [0.2, 0.25) is 11.9 Å². The van der Waals surface area contributed by atoms with Crippen LogP contribution in [0, 0.1) is 0 Å². The maximum absolute atomic E-state index is 12.6. The molecule has 0 radical (unpaired) electrons. The second kappa shape index (κ2) is 11.9. The van der Waals surface area contributed by atoms with Gasteiger partial charge in [0.1, 0.15) is 0 Å². The van der Waals surface area contributed by atoms with Crippen LogP contribution in [0.15, 0.2) is 48.5 Å². The van der Waals surface area contributed by atoms with Crippen LogP contribution in [-0.4, -0.2) is 93.5 Å². The molecule has 3 aliphatic rings. The molecule has 4 heterocycles. The molecule has 0 aliphatic carbocycles. The number of benzene rings is 2. The van der Waals surface area contributed by atoms with Crippen LogP contribution in [-0.2, 0) is 14.2 Å². The van der Waals surface area contributed by atoms with Crippen molar-refractivity contribution in [1.82, 2.24) is 15.0 Å². The molecule has 0 atom stereocenters. The highest BCUT2D eigenvalue weighted by Crippen LogP contribution is 2.33. The number of aromatic nitrogens is 3. The molecular formula is C29H36N8O4. The number of carbonyl (C=O) groups excluding carboxylic acids is 1. The molecule has 0 unspecified atom stereocenters. The minimum atomic E-state index is -0.468. The largest absolute Gasteiger partial charge is 0.378 e. The second-order valence-electron chi connectivity index (χ2n) is 10.6. The summed E-state index contributed by atoms with van der Waals surface area (Å²) in [5.74, 6) is 1.40. The topological polar surface area (TPSA) is 117 Å². The smallest absolute Gasteiger partial charge is 0.323 e. The summed E-state index contributed by atoms with van der Waals surface area (Å²) in [7, 11) is 3.95. The lowest BCUT2D eigenvalue weighted by atomic mass is 10.0. The van der Waals surface area contributed by atoms with Gasteiger partial charge in [0, 0.05) is 75.7 Å². The van der Waals surface area contributed by atoms with Crippen LogP contribution in [0.3, 0.4) is 0 Å². The van der Waals surface area contributed by atoms with Crippen LogP contribution in [0.1, 0.15) is 12.8 Å². The normalized spacial score (nSPS) is 18.4. The zero-order valence-electron chi connectivity index (χ0n) is 23.5. The van der Waals surface area contributed by atoms with Crippen LogP contribution < -0.4 is 25.3 Å². The Kier molecular flexibility index (Phi) is 7.86. The Morgan fingerprint density at radius 2 is 1.29 bits per heavy atom. The molecule has 41 heavy (non-hydrogen) atoms. The molecule has 1 aromatic heterocycles. The summed E-state index contributed by atoms with van der Waals surface area (Å²) >= 11 is 0. The number of piperidine rings is 1. The quantitative estimate of drug-likeness (QED) is 0.464. The Morgan fingerprint density at radius 3 is 1.85 bits per heavy atom. The third kappa shape index (κ3) is 6.34. The van der Waals surface area contributed by atoms with Crippen molar-refractivity contribution in [1.29, 1.82) is 0 Å². The molecule has 3 saturated heterocycles. The second-order valence-corrected chi connectivity index (χ2v) is 10.6. The van der Waals surface area contributed by atoms with Crippen molar-refractivity contribution in [3.8, 4) is 11.4 Å². The molecule has 2 amide bonds. The first-order valence-corrected chi connectivity index (χ1v) is 14.0. The van der Waals surface area contributed by atoms with Crippen molar-refractivity contribution in [2.45, 2.75) is 18.6 Å². The first kappa shape index (κ1) is 27.2. The van der Waals surface area contributed by atoms with Crippen molar-refractivity contribution in [2.24, 2.45) is 0 Å². The number of anilines is 5. The SMILES string of the molecule is CN(C)c1ccc(NC(=O)Nc2ccc(-c3nc(N4CCOCC4)nc(N4CCC5(CC4)OCCO5)n3)cc2)cc1. The van der Waals surface area contributed by atoms with Gasteiger partial charge in [0.05, 0.1) is 26.4 Å².